The number of nitrogens with zero attached hydrogens (tertiary/aromatic N) is 2. The smallest absolute Gasteiger partial charge is 0.225 e. The van der Waals surface area contributed by atoms with Gasteiger partial charge in [0.1, 0.15) is 0 Å². The van der Waals surface area contributed by atoms with Gasteiger partial charge in [0, 0.05) is 36.1 Å². The lowest BCUT2D eigenvalue weighted by Gasteiger charge is -2.06. The van der Waals surface area contributed by atoms with Gasteiger partial charge in [-0.1, -0.05) is 0 Å². The van der Waals surface area contributed by atoms with Crippen LogP contribution in [0.2, 0.25) is 0 Å². The topological polar surface area (TPSA) is 66.9 Å². The number of carbonyl (C=O) groups is 1. The van der Waals surface area contributed by atoms with Gasteiger partial charge in [0.05, 0.1) is 0 Å². The van der Waals surface area contributed by atoms with Crippen LogP contribution < -0.4 is 10.6 Å². The van der Waals surface area contributed by atoms with Gasteiger partial charge >= 0.3 is 0 Å². The first-order valence-corrected chi connectivity index (χ1v) is 6.53. The molecule has 0 fully saturated rings. The zero-order chi connectivity index (χ0) is 14.4. The third-order valence-corrected chi connectivity index (χ3v) is 2.82. The molecule has 0 saturated heterocycles. The normalized spacial score (nSPS) is 10.3. The van der Waals surface area contributed by atoms with Gasteiger partial charge in [-0.05, 0) is 44.3 Å². The Labute approximate surface area is 118 Å². The predicted molar refractivity (Wildman–Crippen MR) is 79.4 cm³/mol. The van der Waals surface area contributed by atoms with Crippen molar-refractivity contribution in [2.75, 3.05) is 18.9 Å². The van der Waals surface area contributed by atoms with Crippen LogP contribution in [0.1, 0.15) is 12.1 Å². The molecule has 0 radical (unpaired) electrons. The van der Waals surface area contributed by atoms with Gasteiger partial charge in [-0.15, -0.1) is 0 Å². The maximum atomic E-state index is 11.6. The Kier molecular flexibility index (Phi) is 4.79. The van der Waals surface area contributed by atoms with E-state index in [4.69, 9.17) is 0 Å². The van der Waals surface area contributed by atoms with Gasteiger partial charge in [0.2, 0.25) is 5.91 Å². The quantitative estimate of drug-likeness (QED) is 0.872. The van der Waals surface area contributed by atoms with E-state index in [9.17, 15) is 4.79 Å². The maximum absolute atomic E-state index is 11.6. The van der Waals surface area contributed by atoms with E-state index in [-0.39, 0.29) is 5.91 Å². The summed E-state index contributed by atoms with van der Waals surface area (Å²) in [6.07, 6.45) is 2.20. The van der Waals surface area contributed by atoms with E-state index in [1.165, 1.54) is 0 Å². The van der Waals surface area contributed by atoms with E-state index < -0.39 is 0 Å². The molecule has 2 rings (SSSR count). The summed E-state index contributed by atoms with van der Waals surface area (Å²) in [6, 6.07) is 9.39. The molecule has 0 aliphatic carbocycles. The van der Waals surface area contributed by atoms with E-state index in [1.807, 2.05) is 44.3 Å². The largest absolute Gasteiger partial charge is 0.326 e. The summed E-state index contributed by atoms with van der Waals surface area (Å²) in [5, 5.41) is 5.79. The Hall–Kier alpha value is -2.27. The molecule has 0 atom stereocenters. The average Bonchev–Trinajstić information content (AvgIpc) is 2.46. The summed E-state index contributed by atoms with van der Waals surface area (Å²) in [6.45, 7) is 2.60. The SMILES string of the molecule is CNCCC(=O)Nc1ccc(-c2nccc(C)n2)cc1. The molecular formula is C15H18N4O. The van der Waals surface area contributed by atoms with Crippen LogP contribution in [0.3, 0.4) is 0 Å². The van der Waals surface area contributed by atoms with Crippen LogP contribution in [0.15, 0.2) is 36.5 Å². The summed E-state index contributed by atoms with van der Waals surface area (Å²) >= 11 is 0. The number of aryl methyl sites for hydroxylation is 1. The molecule has 0 aliphatic rings. The lowest BCUT2D eigenvalue weighted by molar-refractivity contribution is -0.116. The molecule has 2 N–H and O–H groups in total. The van der Waals surface area contributed by atoms with E-state index in [0.29, 0.717) is 18.8 Å². The third-order valence-electron chi connectivity index (χ3n) is 2.82. The van der Waals surface area contributed by atoms with Crippen LogP contribution in [-0.2, 0) is 4.79 Å². The second kappa shape index (κ2) is 6.77. The highest BCUT2D eigenvalue weighted by molar-refractivity contribution is 5.91. The minimum atomic E-state index is -0.00101. The summed E-state index contributed by atoms with van der Waals surface area (Å²) in [5.74, 6) is 0.692. The number of amides is 1. The zero-order valence-electron chi connectivity index (χ0n) is 11.7. The molecule has 2 aromatic rings. The minimum absolute atomic E-state index is 0.00101. The summed E-state index contributed by atoms with van der Waals surface area (Å²) in [4.78, 5) is 20.2. The van der Waals surface area contributed by atoms with Gasteiger partial charge in [-0.2, -0.15) is 0 Å². The molecule has 1 heterocycles. The Morgan fingerprint density at radius 3 is 2.60 bits per heavy atom. The van der Waals surface area contributed by atoms with Crippen LogP contribution in [0.5, 0.6) is 0 Å². The Morgan fingerprint density at radius 2 is 1.95 bits per heavy atom. The molecule has 5 heteroatoms. The lowest BCUT2D eigenvalue weighted by atomic mass is 10.2. The average molecular weight is 270 g/mol. The predicted octanol–water partition coefficient (Wildman–Crippen LogP) is 2.00. The molecule has 104 valence electrons. The molecule has 20 heavy (non-hydrogen) atoms. The van der Waals surface area contributed by atoms with Crippen LogP contribution in [0.4, 0.5) is 5.69 Å². The molecule has 1 aromatic heterocycles. The monoisotopic (exact) mass is 270 g/mol. The summed E-state index contributed by atoms with van der Waals surface area (Å²) in [5.41, 5.74) is 2.64. The van der Waals surface area contributed by atoms with Crippen molar-refractivity contribution >= 4 is 11.6 Å². The number of rotatable bonds is 5. The molecule has 0 bridgehead atoms. The molecule has 5 nitrogen and oxygen atoms in total. The number of hydrogen-bond donors (Lipinski definition) is 2. The number of benzene rings is 1. The highest BCUT2D eigenvalue weighted by Crippen LogP contribution is 2.17. The molecule has 0 saturated carbocycles. The van der Waals surface area contributed by atoms with E-state index in [2.05, 4.69) is 20.6 Å². The number of nitrogens with one attached hydrogen (secondary N) is 2. The first-order valence-electron chi connectivity index (χ1n) is 6.53. The number of anilines is 1. The molecule has 0 unspecified atom stereocenters. The Balaban J connectivity index is 2.05. The fraction of sp³-hybridized carbons (Fsp3) is 0.267. The third kappa shape index (κ3) is 3.86. The summed E-state index contributed by atoms with van der Waals surface area (Å²) in [7, 11) is 1.82. The fourth-order valence-corrected chi connectivity index (χ4v) is 1.75. The highest BCUT2D eigenvalue weighted by atomic mass is 16.1. The van der Waals surface area contributed by atoms with Crippen LogP contribution in [0.25, 0.3) is 11.4 Å². The van der Waals surface area contributed by atoms with E-state index in [1.54, 1.807) is 6.20 Å². The summed E-state index contributed by atoms with van der Waals surface area (Å²) < 4.78 is 0. The molecule has 1 aromatic carbocycles. The van der Waals surface area contributed by atoms with Crippen LogP contribution in [-0.4, -0.2) is 29.5 Å². The number of hydrogen-bond acceptors (Lipinski definition) is 4. The minimum Gasteiger partial charge on any atom is -0.326 e. The van der Waals surface area contributed by atoms with Crippen molar-refractivity contribution in [1.82, 2.24) is 15.3 Å². The van der Waals surface area contributed by atoms with Gasteiger partial charge in [-0.25, -0.2) is 9.97 Å². The van der Waals surface area contributed by atoms with Crippen molar-refractivity contribution < 1.29 is 4.79 Å². The molecule has 1 amide bonds. The molecule has 0 spiro atoms. The zero-order valence-corrected chi connectivity index (χ0v) is 11.7. The van der Waals surface area contributed by atoms with Crippen LogP contribution in [0, 0.1) is 6.92 Å². The van der Waals surface area contributed by atoms with Crippen molar-refractivity contribution in [3.8, 4) is 11.4 Å². The second-order valence-electron chi connectivity index (χ2n) is 4.50. The van der Waals surface area contributed by atoms with Gasteiger partial charge in [0.15, 0.2) is 5.82 Å². The van der Waals surface area contributed by atoms with Crippen molar-refractivity contribution in [1.29, 1.82) is 0 Å². The lowest BCUT2D eigenvalue weighted by Crippen LogP contribution is -2.18. The second-order valence-corrected chi connectivity index (χ2v) is 4.50. The maximum Gasteiger partial charge on any atom is 0.225 e. The van der Waals surface area contributed by atoms with Gasteiger partial charge in [-0.3, -0.25) is 4.79 Å². The standard InChI is InChI=1S/C15H18N4O/c1-11-7-10-17-15(18-11)12-3-5-13(6-4-12)19-14(20)8-9-16-2/h3-7,10,16H,8-9H2,1-2H3,(H,19,20). The van der Waals surface area contributed by atoms with Crippen molar-refractivity contribution in [3.05, 3.63) is 42.2 Å². The first kappa shape index (κ1) is 14.1. The van der Waals surface area contributed by atoms with Crippen molar-refractivity contribution in [2.24, 2.45) is 0 Å². The highest BCUT2D eigenvalue weighted by Gasteiger charge is 2.04. The van der Waals surface area contributed by atoms with E-state index >= 15 is 0 Å². The molecular weight excluding hydrogens is 252 g/mol. The number of carbonyl (C=O) groups excluding carboxylic acids is 1. The van der Waals surface area contributed by atoms with E-state index in [0.717, 1.165) is 16.9 Å². The van der Waals surface area contributed by atoms with Crippen LogP contribution >= 0.6 is 0 Å². The number of aromatic nitrogens is 2. The first-order chi connectivity index (χ1) is 9.69. The Morgan fingerprint density at radius 1 is 1.20 bits per heavy atom. The van der Waals surface area contributed by atoms with Crippen molar-refractivity contribution in [2.45, 2.75) is 13.3 Å². The van der Waals surface area contributed by atoms with Gasteiger partial charge < -0.3 is 10.6 Å². The van der Waals surface area contributed by atoms with Gasteiger partial charge in [0.25, 0.3) is 0 Å². The Bertz CT molecular complexity index is 581. The fourth-order valence-electron chi connectivity index (χ4n) is 1.75. The molecule has 0 aliphatic heterocycles. The van der Waals surface area contributed by atoms with Crippen molar-refractivity contribution in [3.63, 3.8) is 0 Å².